The van der Waals surface area contributed by atoms with Gasteiger partial charge < -0.3 is 4.57 Å². The van der Waals surface area contributed by atoms with E-state index < -0.39 is 0 Å². The predicted octanol–water partition coefficient (Wildman–Crippen LogP) is 4.50. The zero-order valence-corrected chi connectivity index (χ0v) is 12.9. The molecule has 21 heavy (non-hydrogen) atoms. The van der Waals surface area contributed by atoms with Gasteiger partial charge in [-0.3, -0.25) is 0 Å². The fraction of sp³-hybridized carbons (Fsp3) is 0.125. The maximum atomic E-state index is 13.6. The molecule has 3 nitrogen and oxygen atoms in total. The number of imidazole rings is 1. The van der Waals surface area contributed by atoms with Crippen molar-refractivity contribution >= 4 is 27.0 Å². The van der Waals surface area contributed by atoms with E-state index in [2.05, 4.69) is 27.0 Å². The van der Waals surface area contributed by atoms with Gasteiger partial charge in [0.1, 0.15) is 11.6 Å². The molecule has 3 aromatic rings. The van der Waals surface area contributed by atoms with Crippen LogP contribution >= 0.6 is 15.9 Å². The summed E-state index contributed by atoms with van der Waals surface area (Å²) in [5, 5.41) is 8.98. The lowest BCUT2D eigenvalue weighted by atomic mass is 10.2. The van der Waals surface area contributed by atoms with E-state index in [1.807, 2.05) is 23.6 Å². The van der Waals surface area contributed by atoms with Gasteiger partial charge in [-0.05, 0) is 43.3 Å². The molecule has 104 valence electrons. The summed E-state index contributed by atoms with van der Waals surface area (Å²) in [6.07, 6.45) is 0. The summed E-state index contributed by atoms with van der Waals surface area (Å²) in [7, 11) is 0. The third-order valence-electron chi connectivity index (χ3n) is 3.31. The van der Waals surface area contributed by atoms with Crippen molar-refractivity contribution in [2.24, 2.45) is 0 Å². The van der Waals surface area contributed by atoms with Gasteiger partial charge in [0.05, 0.1) is 22.7 Å². The van der Waals surface area contributed by atoms with Gasteiger partial charge in [0, 0.05) is 16.6 Å². The van der Waals surface area contributed by atoms with E-state index in [1.54, 1.807) is 12.1 Å². The number of aryl methyl sites for hydroxylation is 1. The number of hydrogen-bond donors (Lipinski definition) is 0. The molecule has 0 bridgehead atoms. The summed E-state index contributed by atoms with van der Waals surface area (Å²) in [4.78, 5) is 4.57. The molecule has 1 aromatic heterocycles. The van der Waals surface area contributed by atoms with Gasteiger partial charge in [0.25, 0.3) is 0 Å². The predicted molar refractivity (Wildman–Crippen MR) is 83.2 cm³/mol. The third kappa shape index (κ3) is 2.43. The highest BCUT2D eigenvalue weighted by atomic mass is 79.9. The highest BCUT2D eigenvalue weighted by Crippen LogP contribution is 2.28. The smallest absolute Gasteiger partial charge is 0.141 e. The summed E-state index contributed by atoms with van der Waals surface area (Å²) in [5.41, 5.74) is 2.95. The average molecular weight is 344 g/mol. The normalized spacial score (nSPS) is 10.8. The molecule has 5 heteroatoms. The Balaban J connectivity index is 2.29. The highest BCUT2D eigenvalue weighted by Gasteiger charge is 2.13. The van der Waals surface area contributed by atoms with Crippen LogP contribution in [0.25, 0.3) is 22.4 Å². The molecular weight excluding hydrogens is 333 g/mol. The van der Waals surface area contributed by atoms with Crippen molar-refractivity contribution in [1.82, 2.24) is 9.55 Å². The summed E-state index contributed by atoms with van der Waals surface area (Å²) in [6.45, 7) is 2.73. The van der Waals surface area contributed by atoms with E-state index in [1.165, 1.54) is 12.1 Å². The van der Waals surface area contributed by atoms with Gasteiger partial charge in [-0.2, -0.15) is 5.26 Å². The molecule has 0 saturated carbocycles. The van der Waals surface area contributed by atoms with Crippen molar-refractivity contribution < 1.29 is 4.39 Å². The molecular formula is C16H11BrFN3. The van der Waals surface area contributed by atoms with Crippen LogP contribution in [0, 0.1) is 17.1 Å². The molecule has 0 aliphatic carbocycles. The van der Waals surface area contributed by atoms with Crippen LogP contribution in [-0.4, -0.2) is 9.55 Å². The second kappa shape index (κ2) is 5.30. The van der Waals surface area contributed by atoms with Crippen LogP contribution in [0.1, 0.15) is 12.5 Å². The van der Waals surface area contributed by atoms with Crippen LogP contribution in [-0.2, 0) is 6.54 Å². The van der Waals surface area contributed by atoms with Crippen LogP contribution in [0.3, 0.4) is 0 Å². The first-order valence-electron chi connectivity index (χ1n) is 6.49. The lowest BCUT2D eigenvalue weighted by Crippen LogP contribution is -1.97. The number of aromatic nitrogens is 2. The van der Waals surface area contributed by atoms with Crippen molar-refractivity contribution in [3.8, 4) is 17.5 Å². The van der Waals surface area contributed by atoms with Gasteiger partial charge in [-0.15, -0.1) is 0 Å². The van der Waals surface area contributed by atoms with Crippen LogP contribution < -0.4 is 0 Å². The van der Waals surface area contributed by atoms with Gasteiger partial charge in [-0.25, -0.2) is 9.37 Å². The molecule has 2 aromatic carbocycles. The number of benzene rings is 2. The van der Waals surface area contributed by atoms with E-state index in [0.29, 0.717) is 28.0 Å². The largest absolute Gasteiger partial charge is 0.324 e. The van der Waals surface area contributed by atoms with Crippen molar-refractivity contribution in [2.75, 3.05) is 0 Å². The Morgan fingerprint density at radius 2 is 2.10 bits per heavy atom. The Kier molecular flexibility index (Phi) is 3.48. The molecule has 1 heterocycles. The van der Waals surface area contributed by atoms with Crippen molar-refractivity contribution in [3.63, 3.8) is 0 Å². The minimum atomic E-state index is -0.313. The maximum absolute atomic E-state index is 13.6. The quantitative estimate of drug-likeness (QED) is 0.687. The third-order valence-corrected chi connectivity index (χ3v) is 3.77. The Morgan fingerprint density at radius 1 is 1.29 bits per heavy atom. The van der Waals surface area contributed by atoms with Gasteiger partial charge in [0.2, 0.25) is 0 Å². The van der Waals surface area contributed by atoms with Crippen molar-refractivity contribution in [1.29, 1.82) is 5.26 Å². The second-order valence-corrected chi connectivity index (χ2v) is 5.57. The Morgan fingerprint density at radius 3 is 2.76 bits per heavy atom. The van der Waals surface area contributed by atoms with E-state index in [9.17, 15) is 4.39 Å². The van der Waals surface area contributed by atoms with E-state index in [-0.39, 0.29) is 5.82 Å². The van der Waals surface area contributed by atoms with Crippen LogP contribution in [0.15, 0.2) is 40.9 Å². The molecule has 0 N–H and O–H groups in total. The minimum absolute atomic E-state index is 0.313. The Bertz CT molecular complexity index is 857. The number of nitrogens with zero attached hydrogens (tertiary/aromatic N) is 3. The standard InChI is InChI=1S/C16H11BrFN3/c1-2-21-15-4-3-10(9-19)5-14(15)20-16(21)11-6-12(17)8-13(18)7-11/h3-8H,2H2,1H3. The lowest BCUT2D eigenvalue weighted by Gasteiger charge is -2.06. The topological polar surface area (TPSA) is 41.6 Å². The van der Waals surface area contributed by atoms with Crippen molar-refractivity contribution in [2.45, 2.75) is 13.5 Å². The molecule has 0 amide bonds. The first-order chi connectivity index (χ1) is 10.1. The SMILES string of the molecule is CCn1c(-c2cc(F)cc(Br)c2)nc2cc(C#N)ccc21. The van der Waals surface area contributed by atoms with Gasteiger partial charge in [-0.1, -0.05) is 15.9 Å². The zero-order chi connectivity index (χ0) is 15.0. The number of fused-ring (bicyclic) bond motifs is 1. The summed E-state index contributed by atoms with van der Waals surface area (Å²) in [5.74, 6) is 0.384. The molecule has 3 rings (SSSR count). The summed E-state index contributed by atoms with van der Waals surface area (Å²) < 4.78 is 16.3. The first-order valence-corrected chi connectivity index (χ1v) is 7.28. The number of nitriles is 1. The summed E-state index contributed by atoms with van der Waals surface area (Å²) >= 11 is 3.30. The molecule has 0 unspecified atom stereocenters. The number of halogens is 2. The molecule has 0 aliphatic rings. The van der Waals surface area contributed by atoms with E-state index in [0.717, 1.165) is 11.0 Å². The highest BCUT2D eigenvalue weighted by molar-refractivity contribution is 9.10. The molecule has 0 fully saturated rings. The molecule has 0 aliphatic heterocycles. The van der Waals surface area contributed by atoms with E-state index >= 15 is 0 Å². The molecule has 0 atom stereocenters. The summed E-state index contributed by atoms with van der Waals surface area (Å²) in [6, 6.07) is 12.2. The van der Waals surface area contributed by atoms with Crippen LogP contribution in [0.2, 0.25) is 0 Å². The monoisotopic (exact) mass is 343 g/mol. The molecule has 0 saturated heterocycles. The fourth-order valence-corrected chi connectivity index (χ4v) is 2.89. The zero-order valence-electron chi connectivity index (χ0n) is 11.3. The second-order valence-electron chi connectivity index (χ2n) is 4.65. The fourth-order valence-electron chi connectivity index (χ4n) is 2.42. The van der Waals surface area contributed by atoms with Crippen LogP contribution in [0.4, 0.5) is 4.39 Å². The van der Waals surface area contributed by atoms with Crippen LogP contribution in [0.5, 0.6) is 0 Å². The number of rotatable bonds is 2. The lowest BCUT2D eigenvalue weighted by molar-refractivity contribution is 0.627. The van der Waals surface area contributed by atoms with E-state index in [4.69, 9.17) is 5.26 Å². The number of hydrogen-bond acceptors (Lipinski definition) is 2. The van der Waals surface area contributed by atoms with Gasteiger partial charge >= 0.3 is 0 Å². The van der Waals surface area contributed by atoms with Gasteiger partial charge in [0.15, 0.2) is 0 Å². The average Bonchev–Trinajstić information content (AvgIpc) is 2.83. The molecule has 0 spiro atoms. The first kappa shape index (κ1) is 13.8. The molecule has 0 radical (unpaired) electrons. The van der Waals surface area contributed by atoms with Crippen molar-refractivity contribution in [3.05, 3.63) is 52.3 Å². The minimum Gasteiger partial charge on any atom is -0.324 e. The maximum Gasteiger partial charge on any atom is 0.141 e. The Hall–Kier alpha value is -2.19. The Labute approximate surface area is 129 Å².